The second kappa shape index (κ2) is 9.50. The fourth-order valence-electron chi connectivity index (χ4n) is 3.47. The first-order chi connectivity index (χ1) is 12.5. The van der Waals surface area contributed by atoms with E-state index in [0.29, 0.717) is 5.56 Å². The second-order valence-electron chi connectivity index (χ2n) is 8.38. The first-order valence-corrected chi connectivity index (χ1v) is 16.0. The largest absolute Gasteiger partial charge is 0.497 e. The van der Waals surface area contributed by atoms with Crippen LogP contribution in [0.25, 0.3) is 0 Å². The van der Waals surface area contributed by atoms with Crippen LogP contribution in [0.4, 0.5) is 0 Å². The maximum Gasteiger partial charge on any atom is 0.195 e. The number of ether oxygens (including phenoxy) is 1. The lowest BCUT2D eigenvalue weighted by atomic mass is 9.90. The number of benzene rings is 1. The van der Waals surface area contributed by atoms with Gasteiger partial charge in [-0.05, 0) is 75.9 Å². The van der Waals surface area contributed by atoms with Gasteiger partial charge < -0.3 is 13.6 Å². The van der Waals surface area contributed by atoms with Gasteiger partial charge in [-0.15, -0.1) is 0 Å². The highest BCUT2D eigenvalue weighted by Gasteiger charge is 2.47. The van der Waals surface area contributed by atoms with E-state index >= 15 is 0 Å². The fraction of sp³-hybridized carbons (Fsp3) is 0.667. The first kappa shape index (κ1) is 24.1. The van der Waals surface area contributed by atoms with E-state index in [2.05, 4.69) is 40.4 Å². The number of rotatable bonds is 11. The van der Waals surface area contributed by atoms with Crippen LogP contribution in [-0.4, -0.2) is 41.2 Å². The van der Waals surface area contributed by atoms with E-state index in [1.165, 1.54) is 0 Å². The smallest absolute Gasteiger partial charge is 0.195 e. The molecule has 2 atom stereocenters. The van der Waals surface area contributed by atoms with Crippen LogP contribution in [0.2, 0.25) is 37.8 Å². The summed E-state index contributed by atoms with van der Waals surface area (Å²) in [5, 5.41) is 0. The van der Waals surface area contributed by atoms with Gasteiger partial charge in [0.25, 0.3) is 0 Å². The van der Waals surface area contributed by atoms with Crippen molar-refractivity contribution < 1.29 is 18.4 Å². The minimum atomic E-state index is -1.98. The molecule has 0 amide bonds. The van der Waals surface area contributed by atoms with E-state index in [4.69, 9.17) is 13.6 Å². The van der Waals surface area contributed by atoms with Gasteiger partial charge in [0.05, 0.1) is 13.2 Å². The number of Topliss-reactive ketones (excluding diaryl/α,β-unsaturated/α-hetero) is 1. The highest BCUT2D eigenvalue weighted by Crippen LogP contribution is 2.33. The van der Waals surface area contributed by atoms with Crippen LogP contribution in [0.3, 0.4) is 0 Å². The van der Waals surface area contributed by atoms with Crippen molar-refractivity contribution in [3.8, 4) is 5.75 Å². The van der Waals surface area contributed by atoms with Crippen molar-refractivity contribution in [2.24, 2.45) is 0 Å². The summed E-state index contributed by atoms with van der Waals surface area (Å²) >= 11 is 0. The number of methoxy groups -OCH3 is 1. The summed E-state index contributed by atoms with van der Waals surface area (Å²) in [5.41, 5.74) is -0.375. The highest BCUT2D eigenvalue weighted by atomic mass is 28.4. The number of hydrogen-bond acceptors (Lipinski definition) is 4. The van der Waals surface area contributed by atoms with E-state index in [1.54, 1.807) is 7.11 Å². The van der Waals surface area contributed by atoms with Crippen molar-refractivity contribution >= 4 is 22.4 Å². The Balaban J connectivity index is 3.28. The molecular weight excluding hydrogens is 372 g/mol. The molecule has 1 aromatic carbocycles. The molecule has 0 aliphatic heterocycles. The molecule has 0 fully saturated rings. The van der Waals surface area contributed by atoms with E-state index in [-0.39, 0.29) is 11.9 Å². The molecule has 0 N–H and O–H groups in total. The SMILES string of the molecule is CC[Si](CC)(CC)O[C@@H](C)[C@](C)(O[Si](C)(C)C)C(=O)c1ccc(OC)cc1. The van der Waals surface area contributed by atoms with Gasteiger partial charge in [0.15, 0.2) is 22.4 Å². The van der Waals surface area contributed by atoms with Gasteiger partial charge in [0, 0.05) is 5.56 Å². The standard InChI is InChI=1S/C21H38O4Si2/c1-10-27(11-2,12-3)24-17(4)21(5,25-26(7,8)9)20(22)18-13-15-19(23-6)16-14-18/h13-17H,10-12H2,1-9H3/t17-,21-/m0/s1. The molecule has 27 heavy (non-hydrogen) atoms. The number of carbonyl (C=O) groups is 1. The molecule has 0 bridgehead atoms. The summed E-state index contributed by atoms with van der Waals surface area (Å²) in [6, 6.07) is 10.4. The van der Waals surface area contributed by atoms with Crippen LogP contribution >= 0.6 is 0 Å². The number of hydrogen-bond donors (Lipinski definition) is 0. The quantitative estimate of drug-likeness (QED) is 0.336. The third kappa shape index (κ3) is 6.01. The summed E-state index contributed by atoms with van der Waals surface area (Å²) < 4.78 is 18.4. The van der Waals surface area contributed by atoms with Gasteiger partial charge in [-0.25, -0.2) is 0 Å². The molecule has 0 aliphatic rings. The Morgan fingerprint density at radius 3 is 1.89 bits per heavy atom. The Kier molecular flexibility index (Phi) is 8.47. The molecule has 154 valence electrons. The maximum absolute atomic E-state index is 13.5. The number of carbonyl (C=O) groups excluding carboxylic acids is 1. The molecular formula is C21H38O4Si2. The summed E-state index contributed by atoms with van der Waals surface area (Å²) in [6.07, 6.45) is -0.301. The molecule has 0 aliphatic carbocycles. The summed E-state index contributed by atoms with van der Waals surface area (Å²) in [7, 11) is -2.23. The first-order valence-electron chi connectivity index (χ1n) is 10.0. The maximum atomic E-state index is 13.5. The lowest BCUT2D eigenvalue weighted by Gasteiger charge is -2.43. The van der Waals surface area contributed by atoms with E-state index < -0.39 is 22.2 Å². The Morgan fingerprint density at radius 1 is 1.04 bits per heavy atom. The molecule has 1 aromatic rings. The second-order valence-corrected chi connectivity index (χ2v) is 17.5. The van der Waals surface area contributed by atoms with Crippen molar-refractivity contribution in [1.82, 2.24) is 0 Å². The summed E-state index contributed by atoms with van der Waals surface area (Å²) in [6.45, 7) is 16.9. The van der Waals surface area contributed by atoms with Crippen molar-refractivity contribution in [3.05, 3.63) is 29.8 Å². The van der Waals surface area contributed by atoms with Crippen molar-refractivity contribution in [3.63, 3.8) is 0 Å². The molecule has 0 saturated heterocycles. The fourth-order valence-corrected chi connectivity index (χ4v) is 7.97. The molecule has 0 unspecified atom stereocenters. The zero-order valence-corrected chi connectivity index (χ0v) is 20.6. The zero-order chi connectivity index (χ0) is 20.9. The molecule has 0 spiro atoms. The van der Waals surface area contributed by atoms with Gasteiger partial charge in [0.1, 0.15) is 11.4 Å². The lowest BCUT2D eigenvalue weighted by molar-refractivity contribution is -0.0134. The van der Waals surface area contributed by atoms with E-state index in [1.807, 2.05) is 38.1 Å². The van der Waals surface area contributed by atoms with Crippen molar-refractivity contribution in [2.75, 3.05) is 7.11 Å². The zero-order valence-electron chi connectivity index (χ0n) is 18.6. The van der Waals surface area contributed by atoms with Gasteiger partial charge in [0.2, 0.25) is 0 Å². The predicted molar refractivity (Wildman–Crippen MR) is 118 cm³/mol. The normalized spacial score (nSPS) is 15.9. The summed E-state index contributed by atoms with van der Waals surface area (Å²) in [4.78, 5) is 13.5. The molecule has 1 rings (SSSR count). The van der Waals surface area contributed by atoms with Crippen molar-refractivity contribution in [2.45, 2.75) is 84.1 Å². The molecule has 4 nitrogen and oxygen atoms in total. The van der Waals surface area contributed by atoms with Gasteiger partial charge >= 0.3 is 0 Å². The van der Waals surface area contributed by atoms with Gasteiger partial charge in [-0.3, -0.25) is 4.79 Å². The predicted octanol–water partition coefficient (Wildman–Crippen LogP) is 5.90. The van der Waals surface area contributed by atoms with E-state index in [0.717, 1.165) is 23.9 Å². The average Bonchev–Trinajstić information content (AvgIpc) is 2.64. The molecule has 0 aromatic heterocycles. The third-order valence-electron chi connectivity index (χ3n) is 5.46. The van der Waals surface area contributed by atoms with Crippen LogP contribution in [0.1, 0.15) is 45.0 Å². The monoisotopic (exact) mass is 410 g/mol. The summed E-state index contributed by atoms with van der Waals surface area (Å²) in [5.74, 6) is 0.712. The molecule has 0 heterocycles. The Bertz CT molecular complexity index is 597. The van der Waals surface area contributed by atoms with Crippen LogP contribution in [0, 0.1) is 0 Å². The lowest BCUT2D eigenvalue weighted by Crippen LogP contribution is -2.57. The van der Waals surface area contributed by atoms with Crippen LogP contribution in [0.5, 0.6) is 5.75 Å². The highest BCUT2D eigenvalue weighted by molar-refractivity contribution is 6.73. The van der Waals surface area contributed by atoms with Crippen LogP contribution in [0.15, 0.2) is 24.3 Å². The molecule has 0 saturated carbocycles. The van der Waals surface area contributed by atoms with Gasteiger partial charge in [-0.2, -0.15) is 0 Å². The van der Waals surface area contributed by atoms with Gasteiger partial charge in [-0.1, -0.05) is 20.8 Å². The van der Waals surface area contributed by atoms with Crippen molar-refractivity contribution in [1.29, 1.82) is 0 Å². The minimum absolute atomic E-state index is 0.0220. The molecule has 6 heteroatoms. The molecule has 0 radical (unpaired) electrons. The Hall–Kier alpha value is -0.956. The average molecular weight is 411 g/mol. The Labute approximate surface area is 167 Å². The topological polar surface area (TPSA) is 44.8 Å². The van der Waals surface area contributed by atoms with Crippen LogP contribution < -0.4 is 4.74 Å². The Morgan fingerprint density at radius 2 is 1.52 bits per heavy atom. The van der Waals surface area contributed by atoms with E-state index in [9.17, 15) is 4.79 Å². The third-order valence-corrected chi connectivity index (χ3v) is 11.2. The number of ketones is 1. The minimum Gasteiger partial charge on any atom is -0.497 e. The van der Waals surface area contributed by atoms with Crippen LogP contribution in [-0.2, 0) is 8.85 Å².